The fraction of sp³-hybridized carbons (Fsp3) is 0.500. The number of alkyl halides is 1. The van der Waals surface area contributed by atoms with Crippen molar-refractivity contribution in [3.05, 3.63) is 12.0 Å². The molecule has 0 spiro atoms. The molecule has 0 aliphatic heterocycles. The van der Waals surface area contributed by atoms with Crippen molar-refractivity contribution in [2.24, 2.45) is 10.7 Å². The Hall–Kier alpha value is -0.930. The van der Waals surface area contributed by atoms with E-state index in [9.17, 15) is 8.78 Å². The van der Waals surface area contributed by atoms with Gasteiger partial charge in [-0.1, -0.05) is 0 Å². The first-order valence-electron chi connectivity index (χ1n) is 2.84. The van der Waals surface area contributed by atoms with E-state index in [1.54, 1.807) is 0 Å². The van der Waals surface area contributed by atoms with E-state index in [4.69, 9.17) is 5.73 Å². The third-order valence-corrected chi connectivity index (χ3v) is 0.864. The molecule has 0 aromatic rings. The molecule has 2 N–H and O–H groups in total. The van der Waals surface area contributed by atoms with E-state index in [2.05, 4.69) is 4.99 Å². The molecule has 10 heavy (non-hydrogen) atoms. The van der Waals surface area contributed by atoms with Gasteiger partial charge in [0.05, 0.1) is 5.71 Å². The maximum absolute atomic E-state index is 12.3. The molecule has 0 aromatic carbocycles. The molecule has 1 unspecified atom stereocenters. The maximum Gasteiger partial charge on any atom is 0.187 e. The number of allylic oxidation sites excluding steroid dienone is 1. The molecule has 1 atom stereocenters. The predicted octanol–water partition coefficient (Wildman–Crippen LogP) is 1.53. The van der Waals surface area contributed by atoms with Crippen molar-refractivity contribution in [1.29, 1.82) is 0 Å². The van der Waals surface area contributed by atoms with Crippen LogP contribution in [0.25, 0.3) is 0 Å². The van der Waals surface area contributed by atoms with Gasteiger partial charge in [-0.05, 0) is 13.8 Å². The number of nitrogens with two attached hydrogens (primary N) is 1. The van der Waals surface area contributed by atoms with Crippen molar-refractivity contribution in [2.45, 2.75) is 20.1 Å². The molecule has 0 aliphatic carbocycles. The summed E-state index contributed by atoms with van der Waals surface area (Å²) in [5, 5.41) is 0. The number of hydrogen-bond donors (Lipinski definition) is 1. The molecule has 0 amide bonds. The summed E-state index contributed by atoms with van der Waals surface area (Å²) in [7, 11) is 0. The van der Waals surface area contributed by atoms with Gasteiger partial charge in [-0.2, -0.15) is 0 Å². The van der Waals surface area contributed by atoms with Crippen LogP contribution < -0.4 is 5.73 Å². The van der Waals surface area contributed by atoms with Gasteiger partial charge in [0.25, 0.3) is 0 Å². The number of aliphatic imine (C=N–C) groups is 1. The van der Waals surface area contributed by atoms with E-state index in [0.29, 0.717) is 0 Å². The Morgan fingerprint density at radius 3 is 2.50 bits per heavy atom. The van der Waals surface area contributed by atoms with Crippen LogP contribution in [0, 0.1) is 0 Å². The highest BCUT2D eigenvalue weighted by Crippen LogP contribution is 2.00. The van der Waals surface area contributed by atoms with E-state index in [0.717, 1.165) is 6.20 Å². The lowest BCUT2D eigenvalue weighted by Gasteiger charge is -1.96. The van der Waals surface area contributed by atoms with Gasteiger partial charge in [0.1, 0.15) is 0 Å². The van der Waals surface area contributed by atoms with E-state index in [-0.39, 0.29) is 5.71 Å². The summed E-state index contributed by atoms with van der Waals surface area (Å²) >= 11 is 0. The lowest BCUT2D eigenvalue weighted by molar-refractivity contribution is 0.376. The SMILES string of the molecule is CC(=NC(C)F)/C(F)=C\N. The van der Waals surface area contributed by atoms with Gasteiger partial charge in [-0.3, -0.25) is 4.99 Å². The molecule has 0 aliphatic rings. The number of hydrogen-bond acceptors (Lipinski definition) is 2. The molecule has 0 radical (unpaired) electrons. The zero-order valence-corrected chi connectivity index (χ0v) is 5.94. The third kappa shape index (κ3) is 3.17. The molecule has 0 fully saturated rings. The second-order valence-electron chi connectivity index (χ2n) is 1.80. The van der Waals surface area contributed by atoms with Crippen LogP contribution in [0.3, 0.4) is 0 Å². The normalized spacial score (nSPS) is 17.2. The van der Waals surface area contributed by atoms with Crippen LogP contribution >= 0.6 is 0 Å². The van der Waals surface area contributed by atoms with Crippen molar-refractivity contribution in [3.8, 4) is 0 Å². The maximum atomic E-state index is 12.3. The van der Waals surface area contributed by atoms with Gasteiger partial charge >= 0.3 is 0 Å². The van der Waals surface area contributed by atoms with Crippen LogP contribution in [0.2, 0.25) is 0 Å². The summed E-state index contributed by atoms with van der Waals surface area (Å²) in [6.07, 6.45) is -0.632. The summed E-state index contributed by atoms with van der Waals surface area (Å²) < 4.78 is 24.4. The molecule has 0 saturated carbocycles. The highest BCUT2D eigenvalue weighted by atomic mass is 19.1. The molecular weight excluding hydrogens is 138 g/mol. The topological polar surface area (TPSA) is 38.4 Å². The largest absolute Gasteiger partial charge is 0.402 e. The van der Waals surface area contributed by atoms with Crippen molar-refractivity contribution in [2.75, 3.05) is 0 Å². The summed E-state index contributed by atoms with van der Waals surface area (Å²) in [4.78, 5) is 3.27. The summed E-state index contributed by atoms with van der Waals surface area (Å²) in [5.74, 6) is -0.690. The highest BCUT2D eigenvalue weighted by molar-refractivity contribution is 5.96. The summed E-state index contributed by atoms with van der Waals surface area (Å²) in [5.41, 5.74) is 4.79. The van der Waals surface area contributed by atoms with Crippen LogP contribution in [0.15, 0.2) is 17.0 Å². The smallest absolute Gasteiger partial charge is 0.187 e. The van der Waals surface area contributed by atoms with Crippen LogP contribution in [0.4, 0.5) is 8.78 Å². The van der Waals surface area contributed by atoms with Gasteiger partial charge in [-0.15, -0.1) is 0 Å². The van der Waals surface area contributed by atoms with Crippen molar-refractivity contribution >= 4 is 5.71 Å². The zero-order valence-electron chi connectivity index (χ0n) is 5.94. The fourth-order valence-corrected chi connectivity index (χ4v) is 0.449. The first kappa shape index (κ1) is 9.07. The summed E-state index contributed by atoms with van der Waals surface area (Å²) in [6, 6.07) is 0. The Bertz CT molecular complexity index is 161. The van der Waals surface area contributed by atoms with Crippen molar-refractivity contribution in [1.82, 2.24) is 0 Å². The van der Waals surface area contributed by atoms with Gasteiger partial charge in [-0.25, -0.2) is 8.78 Å². The predicted molar refractivity (Wildman–Crippen MR) is 37.1 cm³/mol. The quantitative estimate of drug-likeness (QED) is 0.468. The average molecular weight is 148 g/mol. The second-order valence-corrected chi connectivity index (χ2v) is 1.80. The minimum absolute atomic E-state index is 0.0162. The first-order chi connectivity index (χ1) is 4.57. The van der Waals surface area contributed by atoms with Crippen LogP contribution in [0.1, 0.15) is 13.8 Å². The third-order valence-electron chi connectivity index (χ3n) is 0.864. The van der Waals surface area contributed by atoms with E-state index < -0.39 is 12.1 Å². The van der Waals surface area contributed by atoms with E-state index in [1.807, 2.05) is 0 Å². The second kappa shape index (κ2) is 3.98. The van der Waals surface area contributed by atoms with Gasteiger partial charge in [0, 0.05) is 6.20 Å². The Kier molecular flexibility index (Phi) is 3.61. The molecule has 0 rings (SSSR count). The van der Waals surface area contributed by atoms with Crippen molar-refractivity contribution in [3.63, 3.8) is 0 Å². The van der Waals surface area contributed by atoms with Gasteiger partial charge in [0.2, 0.25) is 0 Å². The molecule has 0 saturated heterocycles. The van der Waals surface area contributed by atoms with Crippen LogP contribution in [0.5, 0.6) is 0 Å². The molecule has 0 aromatic heterocycles. The molecule has 0 bridgehead atoms. The van der Waals surface area contributed by atoms with Crippen molar-refractivity contribution < 1.29 is 8.78 Å². The molecule has 4 heteroatoms. The Balaban J connectivity index is 4.20. The highest BCUT2D eigenvalue weighted by Gasteiger charge is 2.00. The molecular formula is C6H10F2N2. The molecule has 0 heterocycles. The molecule has 58 valence electrons. The van der Waals surface area contributed by atoms with Crippen LogP contribution in [-0.4, -0.2) is 12.0 Å². The average Bonchev–Trinajstić information content (AvgIpc) is 1.85. The van der Waals surface area contributed by atoms with Gasteiger partial charge in [0.15, 0.2) is 12.1 Å². The Morgan fingerprint density at radius 2 is 2.20 bits per heavy atom. The lowest BCUT2D eigenvalue weighted by Crippen LogP contribution is -1.99. The monoisotopic (exact) mass is 148 g/mol. The zero-order chi connectivity index (χ0) is 8.15. The van der Waals surface area contributed by atoms with E-state index >= 15 is 0 Å². The first-order valence-corrected chi connectivity index (χ1v) is 2.84. The number of halogens is 2. The fourth-order valence-electron chi connectivity index (χ4n) is 0.449. The standard InChI is InChI=1S/C6H10F2N2/c1-4(6(8)3-9)10-5(2)7/h3,5H,9H2,1-2H3/b6-3+,10-4?. The summed E-state index contributed by atoms with van der Waals surface area (Å²) in [6.45, 7) is 2.57. The van der Waals surface area contributed by atoms with Gasteiger partial charge < -0.3 is 5.73 Å². The molecule has 2 nitrogen and oxygen atoms in total. The lowest BCUT2D eigenvalue weighted by atomic mass is 10.4. The minimum atomic E-state index is -1.38. The number of rotatable bonds is 2. The van der Waals surface area contributed by atoms with E-state index in [1.165, 1.54) is 13.8 Å². The Morgan fingerprint density at radius 1 is 1.70 bits per heavy atom. The minimum Gasteiger partial charge on any atom is -0.402 e. The Labute approximate surface area is 58.4 Å². The number of nitrogens with zero attached hydrogens (tertiary/aromatic N) is 1. The van der Waals surface area contributed by atoms with Crippen LogP contribution in [-0.2, 0) is 0 Å².